The van der Waals surface area contributed by atoms with Crippen LogP contribution >= 0.6 is 15.9 Å². The topological polar surface area (TPSA) is 109 Å². The van der Waals surface area contributed by atoms with Crippen molar-refractivity contribution in [3.63, 3.8) is 0 Å². The summed E-state index contributed by atoms with van der Waals surface area (Å²) in [5, 5.41) is 8.58. The van der Waals surface area contributed by atoms with Crippen molar-refractivity contribution in [3.8, 4) is 5.75 Å². The summed E-state index contributed by atoms with van der Waals surface area (Å²) in [7, 11) is 0. The number of para-hydroxylation sites is 1. The minimum atomic E-state index is -1.06. The van der Waals surface area contributed by atoms with Crippen molar-refractivity contribution in [2.24, 2.45) is 5.10 Å². The van der Waals surface area contributed by atoms with Gasteiger partial charge in [-0.2, -0.15) is 5.10 Å². The van der Waals surface area contributed by atoms with Gasteiger partial charge in [0.2, 0.25) is 0 Å². The third-order valence-electron chi connectivity index (χ3n) is 4.06. The Balaban J connectivity index is 1.48. The summed E-state index contributed by atoms with van der Waals surface area (Å²) < 4.78 is 19.9. The van der Waals surface area contributed by atoms with Crippen molar-refractivity contribution in [2.45, 2.75) is 0 Å². The molecule has 0 aliphatic heterocycles. The van der Waals surface area contributed by atoms with E-state index in [4.69, 9.17) is 4.74 Å². The quantitative estimate of drug-likeness (QED) is 0.254. The van der Waals surface area contributed by atoms with Gasteiger partial charge in [0.25, 0.3) is 5.91 Å². The molecule has 0 aliphatic rings. The van der Waals surface area contributed by atoms with E-state index in [0.717, 1.165) is 10.5 Å². The molecule has 3 aromatic rings. The summed E-state index contributed by atoms with van der Waals surface area (Å²) in [5.74, 6) is -2.71. The maximum atomic E-state index is 13.5. The van der Waals surface area contributed by atoms with Crippen LogP contribution < -0.4 is 20.8 Å². The Kier molecular flexibility index (Phi) is 8.25. The molecule has 0 aliphatic carbocycles. The van der Waals surface area contributed by atoms with E-state index in [1.807, 2.05) is 12.1 Å². The van der Waals surface area contributed by atoms with Crippen LogP contribution in [0.15, 0.2) is 82.4 Å². The van der Waals surface area contributed by atoms with E-state index in [0.29, 0.717) is 17.0 Å². The highest BCUT2D eigenvalue weighted by molar-refractivity contribution is 9.10. The number of carbonyl (C=O) groups excluding carboxylic acids is 3. The summed E-state index contributed by atoms with van der Waals surface area (Å²) in [6.45, 7) is -0.205. The van der Waals surface area contributed by atoms with Crippen molar-refractivity contribution in [1.29, 1.82) is 0 Å². The molecule has 3 aromatic carbocycles. The molecular formula is C23H18BrFN4O4. The summed E-state index contributed by atoms with van der Waals surface area (Å²) in [4.78, 5) is 35.7. The number of hydrazone groups is 1. The first-order valence-corrected chi connectivity index (χ1v) is 10.4. The molecule has 0 saturated heterocycles. The zero-order valence-electron chi connectivity index (χ0n) is 17.0. The summed E-state index contributed by atoms with van der Waals surface area (Å²) >= 11 is 3.32. The minimum absolute atomic E-state index is 0.115. The fraction of sp³-hybridized carbons (Fsp3) is 0.0435. The fourth-order valence-corrected chi connectivity index (χ4v) is 2.79. The van der Waals surface area contributed by atoms with Gasteiger partial charge in [0.1, 0.15) is 11.6 Å². The molecule has 0 heterocycles. The Hall–Kier alpha value is -4.05. The normalized spacial score (nSPS) is 10.5. The van der Waals surface area contributed by atoms with Crippen LogP contribution in [-0.4, -0.2) is 30.5 Å². The number of hydrogen-bond acceptors (Lipinski definition) is 5. The van der Waals surface area contributed by atoms with Crippen LogP contribution in [0, 0.1) is 5.82 Å². The van der Waals surface area contributed by atoms with E-state index in [2.05, 4.69) is 37.1 Å². The van der Waals surface area contributed by atoms with Crippen LogP contribution in [0.2, 0.25) is 0 Å². The fourth-order valence-electron chi connectivity index (χ4n) is 2.52. The molecule has 0 unspecified atom stereocenters. The molecule has 0 bridgehead atoms. The molecule has 3 N–H and O–H groups in total. The lowest BCUT2D eigenvalue weighted by Gasteiger charge is -2.08. The third kappa shape index (κ3) is 7.54. The van der Waals surface area contributed by atoms with Crippen molar-refractivity contribution >= 4 is 51.2 Å². The molecule has 0 atom stereocenters. The number of halogens is 2. The van der Waals surface area contributed by atoms with Crippen molar-refractivity contribution in [3.05, 3.63) is 88.6 Å². The molecule has 0 radical (unpaired) electrons. The second-order valence-electron chi connectivity index (χ2n) is 6.55. The van der Waals surface area contributed by atoms with Crippen LogP contribution in [0.3, 0.4) is 0 Å². The van der Waals surface area contributed by atoms with Gasteiger partial charge >= 0.3 is 11.8 Å². The maximum Gasteiger partial charge on any atom is 0.329 e. The summed E-state index contributed by atoms with van der Waals surface area (Å²) in [6.07, 6.45) is 1.29. The molecule has 3 rings (SSSR count). The number of benzene rings is 3. The number of nitrogens with one attached hydrogen (secondary N) is 3. The Morgan fingerprint density at radius 1 is 0.939 bits per heavy atom. The van der Waals surface area contributed by atoms with Gasteiger partial charge in [0.05, 0.1) is 11.9 Å². The largest absolute Gasteiger partial charge is 0.484 e. The SMILES string of the molecule is O=C(COc1cccc(/C=N\NC(=O)C(=O)Nc2ccccc2F)c1)Nc1ccc(Br)cc1. The van der Waals surface area contributed by atoms with Gasteiger partial charge in [-0.1, -0.05) is 40.2 Å². The van der Waals surface area contributed by atoms with E-state index in [1.165, 1.54) is 24.4 Å². The van der Waals surface area contributed by atoms with E-state index < -0.39 is 17.6 Å². The molecule has 3 amide bonds. The van der Waals surface area contributed by atoms with Gasteiger partial charge in [0.15, 0.2) is 6.61 Å². The van der Waals surface area contributed by atoms with Crippen LogP contribution in [-0.2, 0) is 14.4 Å². The first kappa shape index (κ1) is 23.6. The van der Waals surface area contributed by atoms with E-state index in [1.54, 1.807) is 36.4 Å². The highest BCUT2D eigenvalue weighted by Gasteiger charge is 2.14. The van der Waals surface area contributed by atoms with Crippen LogP contribution in [0.1, 0.15) is 5.56 Å². The highest BCUT2D eigenvalue weighted by atomic mass is 79.9. The van der Waals surface area contributed by atoms with Crippen LogP contribution in [0.25, 0.3) is 0 Å². The second kappa shape index (κ2) is 11.5. The molecule has 0 fully saturated rings. The molecule has 0 spiro atoms. The average Bonchev–Trinajstić information content (AvgIpc) is 2.81. The van der Waals surface area contributed by atoms with Crippen molar-refractivity contribution in [1.82, 2.24) is 5.43 Å². The molecule has 168 valence electrons. The van der Waals surface area contributed by atoms with Gasteiger partial charge in [-0.3, -0.25) is 14.4 Å². The van der Waals surface area contributed by atoms with E-state index in [-0.39, 0.29) is 18.2 Å². The average molecular weight is 513 g/mol. The minimum Gasteiger partial charge on any atom is -0.484 e. The van der Waals surface area contributed by atoms with Gasteiger partial charge in [-0.15, -0.1) is 0 Å². The molecular weight excluding hydrogens is 495 g/mol. The summed E-state index contributed by atoms with van der Waals surface area (Å²) in [5.41, 5.74) is 3.14. The van der Waals surface area contributed by atoms with Gasteiger partial charge in [0, 0.05) is 10.2 Å². The monoisotopic (exact) mass is 512 g/mol. The predicted molar refractivity (Wildman–Crippen MR) is 125 cm³/mol. The number of anilines is 2. The zero-order valence-corrected chi connectivity index (χ0v) is 18.6. The predicted octanol–water partition coefficient (Wildman–Crippen LogP) is 3.69. The smallest absolute Gasteiger partial charge is 0.329 e. The van der Waals surface area contributed by atoms with Crippen LogP contribution in [0.5, 0.6) is 5.75 Å². The van der Waals surface area contributed by atoms with Crippen molar-refractivity contribution in [2.75, 3.05) is 17.2 Å². The Labute approximate surface area is 197 Å². The van der Waals surface area contributed by atoms with E-state index in [9.17, 15) is 18.8 Å². The second-order valence-corrected chi connectivity index (χ2v) is 7.47. The van der Waals surface area contributed by atoms with E-state index >= 15 is 0 Å². The number of carbonyl (C=O) groups is 3. The van der Waals surface area contributed by atoms with Gasteiger partial charge in [-0.05, 0) is 54.1 Å². The standard InChI is InChI=1S/C23H18BrFN4O4/c24-16-8-10-17(11-9-16)27-21(30)14-33-18-5-3-4-15(12-18)13-26-29-23(32)22(31)28-20-7-2-1-6-19(20)25/h1-13H,14H2,(H,27,30)(H,28,31)(H,29,32)/b26-13-. The highest BCUT2D eigenvalue weighted by Crippen LogP contribution is 2.15. The molecule has 33 heavy (non-hydrogen) atoms. The Morgan fingerprint density at radius 2 is 1.70 bits per heavy atom. The Morgan fingerprint density at radius 3 is 2.45 bits per heavy atom. The lowest BCUT2D eigenvalue weighted by atomic mass is 10.2. The summed E-state index contributed by atoms with van der Waals surface area (Å²) in [6, 6.07) is 19.2. The number of rotatable bonds is 7. The lowest BCUT2D eigenvalue weighted by Crippen LogP contribution is -2.32. The number of ether oxygens (including phenoxy) is 1. The first-order valence-electron chi connectivity index (χ1n) is 9.58. The molecule has 0 aromatic heterocycles. The number of amides is 3. The van der Waals surface area contributed by atoms with Gasteiger partial charge < -0.3 is 15.4 Å². The molecule has 8 nitrogen and oxygen atoms in total. The van der Waals surface area contributed by atoms with Crippen LogP contribution in [0.4, 0.5) is 15.8 Å². The first-order chi connectivity index (χ1) is 15.9. The number of hydrogen-bond donors (Lipinski definition) is 3. The molecule has 0 saturated carbocycles. The third-order valence-corrected chi connectivity index (χ3v) is 4.59. The van der Waals surface area contributed by atoms with Crippen molar-refractivity contribution < 1.29 is 23.5 Å². The molecule has 10 heteroatoms. The number of nitrogens with zero attached hydrogens (tertiary/aromatic N) is 1. The Bertz CT molecular complexity index is 1190. The maximum absolute atomic E-state index is 13.5. The lowest BCUT2D eigenvalue weighted by molar-refractivity contribution is -0.136. The zero-order chi connectivity index (χ0) is 23.6. The van der Waals surface area contributed by atoms with Gasteiger partial charge in [-0.25, -0.2) is 9.82 Å².